The fourth-order valence-corrected chi connectivity index (χ4v) is 4.28. The number of carbonyl (C=O) groups excluding carboxylic acids is 3. The van der Waals surface area contributed by atoms with Crippen molar-refractivity contribution in [3.8, 4) is 0 Å². The molecule has 39 heavy (non-hydrogen) atoms. The van der Waals surface area contributed by atoms with Crippen LogP contribution in [0.2, 0.25) is 10.0 Å². The molecule has 0 unspecified atom stereocenters. The van der Waals surface area contributed by atoms with E-state index in [9.17, 15) is 19.2 Å². The molecule has 1 aliphatic heterocycles. The Morgan fingerprint density at radius 3 is 2.18 bits per heavy atom. The van der Waals surface area contributed by atoms with Gasteiger partial charge in [0.1, 0.15) is 18.5 Å². The summed E-state index contributed by atoms with van der Waals surface area (Å²) in [6, 6.07) is 12.4. The van der Waals surface area contributed by atoms with Gasteiger partial charge in [-0.15, -0.1) is 0 Å². The molecule has 1 aliphatic rings. The number of aromatic nitrogens is 2. The maximum Gasteiger partial charge on any atom is 0.351 e. The number of ether oxygens (including phenoxy) is 3. The molecule has 204 valence electrons. The summed E-state index contributed by atoms with van der Waals surface area (Å²) in [7, 11) is 0. The lowest BCUT2D eigenvalue weighted by atomic mass is 10.1. The number of carbonyl (C=O) groups is 3. The van der Waals surface area contributed by atoms with Gasteiger partial charge in [0.15, 0.2) is 6.23 Å². The Hall–Kier alpha value is -3.73. The highest BCUT2D eigenvalue weighted by Gasteiger charge is 2.41. The Morgan fingerprint density at radius 1 is 1.03 bits per heavy atom. The van der Waals surface area contributed by atoms with Gasteiger partial charge in [0.2, 0.25) is 5.91 Å². The summed E-state index contributed by atoms with van der Waals surface area (Å²) in [5, 5.41) is 3.49. The SMILES string of the molecule is CCc1cn([C@@H]2O[C@H](COC(=O)c3ccc(Cl)cc3)C[C@H]2OC(=O)c2ccc(Cl)cc2)c(=O)nc1NC(C)=O. The molecule has 0 saturated carbocycles. The third kappa shape index (κ3) is 7.03. The maximum atomic E-state index is 13.0. The van der Waals surface area contributed by atoms with Crippen molar-refractivity contribution in [2.45, 2.75) is 45.1 Å². The van der Waals surface area contributed by atoms with E-state index >= 15 is 0 Å². The van der Waals surface area contributed by atoms with Crippen LogP contribution in [0.5, 0.6) is 0 Å². The van der Waals surface area contributed by atoms with E-state index in [1.807, 2.05) is 6.92 Å². The van der Waals surface area contributed by atoms with Crippen LogP contribution < -0.4 is 11.0 Å². The Balaban J connectivity index is 1.57. The number of nitrogens with zero attached hydrogens (tertiary/aromatic N) is 2. The zero-order valence-corrected chi connectivity index (χ0v) is 22.6. The van der Waals surface area contributed by atoms with Crippen molar-refractivity contribution in [3.63, 3.8) is 0 Å². The average molecular weight is 574 g/mol. The van der Waals surface area contributed by atoms with E-state index in [4.69, 9.17) is 37.4 Å². The molecule has 1 aromatic heterocycles. The molecule has 2 aromatic carbocycles. The number of amides is 1. The Bertz CT molecular complexity index is 1420. The van der Waals surface area contributed by atoms with Gasteiger partial charge >= 0.3 is 17.6 Å². The van der Waals surface area contributed by atoms with Gasteiger partial charge in [-0.3, -0.25) is 9.36 Å². The second-order valence-corrected chi connectivity index (χ2v) is 9.65. The largest absolute Gasteiger partial charge is 0.459 e. The summed E-state index contributed by atoms with van der Waals surface area (Å²) in [6.07, 6.45) is -0.565. The highest BCUT2D eigenvalue weighted by Crippen LogP contribution is 2.32. The quantitative estimate of drug-likeness (QED) is 0.392. The lowest BCUT2D eigenvalue weighted by molar-refractivity contribution is -0.114. The van der Waals surface area contributed by atoms with Crippen molar-refractivity contribution >= 4 is 46.9 Å². The van der Waals surface area contributed by atoms with Crippen molar-refractivity contribution in [2.75, 3.05) is 11.9 Å². The lowest BCUT2D eigenvalue weighted by Crippen LogP contribution is -2.35. The summed E-state index contributed by atoms with van der Waals surface area (Å²) in [5.74, 6) is -1.45. The number of hydrogen-bond donors (Lipinski definition) is 1. The van der Waals surface area contributed by atoms with Gasteiger partial charge in [-0.2, -0.15) is 4.98 Å². The van der Waals surface area contributed by atoms with E-state index in [0.717, 1.165) is 0 Å². The number of hydrogen-bond acceptors (Lipinski definition) is 8. The van der Waals surface area contributed by atoms with Gasteiger partial charge in [0.25, 0.3) is 0 Å². The summed E-state index contributed by atoms with van der Waals surface area (Å²) < 4.78 is 18.4. The van der Waals surface area contributed by atoms with Crippen molar-refractivity contribution in [3.05, 3.63) is 91.9 Å². The molecule has 10 nitrogen and oxygen atoms in total. The van der Waals surface area contributed by atoms with Crippen LogP contribution in [0.15, 0.2) is 59.5 Å². The van der Waals surface area contributed by atoms with E-state index in [-0.39, 0.29) is 30.3 Å². The number of nitrogens with one attached hydrogen (secondary N) is 1. The van der Waals surface area contributed by atoms with Crippen LogP contribution in [0.1, 0.15) is 52.8 Å². The molecular weight excluding hydrogens is 549 g/mol. The molecule has 12 heteroatoms. The Kier molecular flexibility index (Phi) is 9.01. The maximum absolute atomic E-state index is 13.0. The lowest BCUT2D eigenvalue weighted by Gasteiger charge is -2.22. The molecule has 3 atom stereocenters. The Labute approximate surface area is 233 Å². The topological polar surface area (TPSA) is 126 Å². The smallest absolute Gasteiger partial charge is 0.351 e. The normalized spacial score (nSPS) is 18.4. The predicted molar refractivity (Wildman–Crippen MR) is 143 cm³/mol. The average Bonchev–Trinajstić information content (AvgIpc) is 3.30. The van der Waals surface area contributed by atoms with Gasteiger partial charge in [-0.1, -0.05) is 30.1 Å². The van der Waals surface area contributed by atoms with Crippen LogP contribution in [0.4, 0.5) is 5.82 Å². The molecule has 1 amide bonds. The highest BCUT2D eigenvalue weighted by atomic mass is 35.5. The van der Waals surface area contributed by atoms with E-state index in [1.165, 1.54) is 42.0 Å². The first-order valence-corrected chi connectivity index (χ1v) is 12.8. The molecule has 2 heterocycles. The molecule has 0 aliphatic carbocycles. The van der Waals surface area contributed by atoms with E-state index in [2.05, 4.69) is 10.3 Å². The first-order chi connectivity index (χ1) is 18.6. The van der Waals surface area contributed by atoms with Gasteiger partial charge in [-0.25, -0.2) is 14.4 Å². The number of benzene rings is 2. The third-order valence-electron chi connectivity index (χ3n) is 5.94. The molecule has 1 saturated heterocycles. The fraction of sp³-hybridized carbons (Fsp3) is 0.296. The second-order valence-electron chi connectivity index (χ2n) is 8.78. The van der Waals surface area contributed by atoms with Crippen LogP contribution in [0.25, 0.3) is 0 Å². The molecule has 4 rings (SSSR count). The minimum atomic E-state index is -1.06. The standard InChI is InChI=1S/C27H25Cl2N3O7/c1-3-16-13-32(27(36)31-23(16)30-15(2)33)24-22(39-26(35)18-6-10-20(29)11-7-18)12-21(38-24)14-37-25(34)17-4-8-19(28)9-5-17/h4-11,13,21-22,24H,3,12,14H2,1-2H3,(H,30,31,33,36)/t21-,22+,24+/m0/s1. The number of esters is 2. The minimum absolute atomic E-state index is 0.138. The van der Waals surface area contributed by atoms with Crippen molar-refractivity contribution in [1.82, 2.24) is 9.55 Å². The van der Waals surface area contributed by atoms with Gasteiger partial charge in [-0.05, 0) is 55.0 Å². The van der Waals surface area contributed by atoms with Gasteiger partial charge < -0.3 is 19.5 Å². The number of aryl methyl sites for hydroxylation is 1. The molecule has 1 N–H and O–H groups in total. The highest BCUT2D eigenvalue weighted by molar-refractivity contribution is 6.31. The number of anilines is 1. The van der Waals surface area contributed by atoms with Gasteiger partial charge in [0.05, 0.1) is 17.2 Å². The van der Waals surface area contributed by atoms with E-state index < -0.39 is 36.1 Å². The summed E-state index contributed by atoms with van der Waals surface area (Å²) >= 11 is 11.8. The van der Waals surface area contributed by atoms with Crippen LogP contribution in [0, 0.1) is 0 Å². The number of rotatable bonds is 8. The summed E-state index contributed by atoms with van der Waals surface area (Å²) in [6.45, 7) is 3.00. The van der Waals surface area contributed by atoms with Crippen LogP contribution >= 0.6 is 23.2 Å². The van der Waals surface area contributed by atoms with Gasteiger partial charge in [0, 0.05) is 35.2 Å². The fourth-order valence-electron chi connectivity index (χ4n) is 4.03. The van der Waals surface area contributed by atoms with Crippen molar-refractivity contribution in [1.29, 1.82) is 0 Å². The molecular formula is C27H25Cl2N3O7. The second kappa shape index (κ2) is 12.4. The molecule has 3 aromatic rings. The number of halogens is 2. The molecule has 0 bridgehead atoms. The summed E-state index contributed by atoms with van der Waals surface area (Å²) in [5.41, 5.74) is 0.429. The third-order valence-corrected chi connectivity index (χ3v) is 6.44. The van der Waals surface area contributed by atoms with E-state index in [1.54, 1.807) is 24.3 Å². The van der Waals surface area contributed by atoms with Crippen molar-refractivity contribution < 1.29 is 28.6 Å². The molecule has 0 radical (unpaired) electrons. The van der Waals surface area contributed by atoms with Crippen LogP contribution in [-0.2, 0) is 25.4 Å². The molecule has 0 spiro atoms. The first-order valence-electron chi connectivity index (χ1n) is 12.1. The minimum Gasteiger partial charge on any atom is -0.459 e. The zero-order chi connectivity index (χ0) is 28.1. The monoisotopic (exact) mass is 573 g/mol. The summed E-state index contributed by atoms with van der Waals surface area (Å²) in [4.78, 5) is 53.9. The van der Waals surface area contributed by atoms with Crippen LogP contribution in [0.3, 0.4) is 0 Å². The first kappa shape index (κ1) is 28.3. The molecule has 1 fully saturated rings. The van der Waals surface area contributed by atoms with Crippen molar-refractivity contribution in [2.24, 2.45) is 0 Å². The Morgan fingerprint density at radius 2 is 1.62 bits per heavy atom. The van der Waals surface area contributed by atoms with E-state index in [0.29, 0.717) is 27.6 Å². The predicted octanol–water partition coefficient (Wildman–Crippen LogP) is 4.44. The van der Waals surface area contributed by atoms with Crippen LogP contribution in [-0.4, -0.2) is 46.2 Å². The zero-order valence-electron chi connectivity index (χ0n) is 21.1.